The van der Waals surface area contributed by atoms with Crippen molar-refractivity contribution in [1.29, 1.82) is 0 Å². The highest BCUT2D eigenvalue weighted by Gasteiger charge is 2.34. The lowest BCUT2D eigenvalue weighted by atomic mass is 9.92. The third-order valence-electron chi connectivity index (χ3n) is 5.08. The lowest BCUT2D eigenvalue weighted by Gasteiger charge is -2.25. The third-order valence-corrected chi connectivity index (χ3v) is 5.08. The fourth-order valence-electron chi connectivity index (χ4n) is 3.50. The van der Waals surface area contributed by atoms with Crippen LogP contribution in [0.3, 0.4) is 0 Å². The van der Waals surface area contributed by atoms with E-state index in [-0.39, 0.29) is 12.0 Å². The Morgan fingerprint density at radius 3 is 2.68 bits per heavy atom. The third kappa shape index (κ3) is 3.74. The summed E-state index contributed by atoms with van der Waals surface area (Å²) in [6, 6.07) is 19.9. The summed E-state index contributed by atoms with van der Waals surface area (Å²) < 4.78 is 0. The van der Waals surface area contributed by atoms with Crippen molar-refractivity contribution in [2.24, 2.45) is 5.16 Å². The number of aromatic nitrogens is 1. The molecule has 1 aliphatic rings. The van der Waals surface area contributed by atoms with Gasteiger partial charge in [0.25, 0.3) is 5.91 Å². The zero-order valence-electron chi connectivity index (χ0n) is 16.1. The largest absolute Gasteiger partial charge is 0.392 e. The molecule has 0 saturated heterocycles. The molecule has 1 aromatic heterocycles. The smallest absolute Gasteiger partial charge is 0.271 e. The number of pyridine rings is 1. The first-order valence-corrected chi connectivity index (χ1v) is 9.46. The molecule has 5 heteroatoms. The van der Waals surface area contributed by atoms with Crippen molar-refractivity contribution in [2.45, 2.75) is 38.3 Å². The highest BCUT2D eigenvalue weighted by Crippen LogP contribution is 2.23. The van der Waals surface area contributed by atoms with E-state index in [1.165, 1.54) is 5.56 Å². The maximum Gasteiger partial charge on any atom is 0.271 e. The van der Waals surface area contributed by atoms with Crippen molar-refractivity contribution in [3.05, 3.63) is 78.1 Å². The predicted molar refractivity (Wildman–Crippen MR) is 110 cm³/mol. The summed E-state index contributed by atoms with van der Waals surface area (Å²) in [4.78, 5) is 22.9. The van der Waals surface area contributed by atoms with Crippen molar-refractivity contribution >= 4 is 22.4 Å². The van der Waals surface area contributed by atoms with Gasteiger partial charge < -0.3 is 10.2 Å². The van der Waals surface area contributed by atoms with Crippen LogP contribution in [0.4, 0.5) is 0 Å². The van der Waals surface area contributed by atoms with Gasteiger partial charge in [-0.3, -0.25) is 9.78 Å². The topological polar surface area (TPSA) is 63.6 Å². The van der Waals surface area contributed by atoms with E-state index in [9.17, 15) is 4.79 Å². The summed E-state index contributed by atoms with van der Waals surface area (Å²) >= 11 is 0. The Bertz CT molecular complexity index is 1020. The van der Waals surface area contributed by atoms with Crippen molar-refractivity contribution in [2.75, 3.05) is 0 Å². The van der Waals surface area contributed by atoms with Gasteiger partial charge >= 0.3 is 0 Å². The van der Waals surface area contributed by atoms with Crippen LogP contribution in [-0.4, -0.2) is 28.2 Å². The van der Waals surface area contributed by atoms with Gasteiger partial charge in [0, 0.05) is 24.4 Å². The first kappa shape index (κ1) is 18.2. The minimum atomic E-state index is -0.624. The Labute approximate surface area is 164 Å². The standard InChI is InChI=1S/C23H23N3O2/c1-23(2,20-15-18(28-26-20)14-16-8-4-3-5-9-16)25-22(27)21-19-11-7-6-10-17(19)12-13-24-21/h3-13,18H,14-15H2,1-2H3,(H,25,27). The van der Waals surface area contributed by atoms with Gasteiger partial charge in [0.1, 0.15) is 11.8 Å². The molecule has 0 radical (unpaired) electrons. The number of carbonyl (C=O) groups excluding carboxylic acids is 1. The van der Waals surface area contributed by atoms with Crippen LogP contribution < -0.4 is 5.32 Å². The second kappa shape index (κ2) is 7.43. The number of rotatable bonds is 5. The first-order valence-electron chi connectivity index (χ1n) is 9.46. The highest BCUT2D eigenvalue weighted by atomic mass is 16.6. The lowest BCUT2D eigenvalue weighted by molar-refractivity contribution is 0.0858. The second-order valence-electron chi connectivity index (χ2n) is 7.62. The molecule has 0 fully saturated rings. The maximum absolute atomic E-state index is 12.9. The fourth-order valence-corrected chi connectivity index (χ4v) is 3.50. The highest BCUT2D eigenvalue weighted by molar-refractivity contribution is 6.07. The first-order chi connectivity index (χ1) is 13.5. The molecule has 1 atom stereocenters. The Kier molecular flexibility index (Phi) is 4.82. The van der Waals surface area contributed by atoms with Crippen LogP contribution in [0.1, 0.15) is 36.3 Å². The van der Waals surface area contributed by atoms with Gasteiger partial charge in [-0.25, -0.2) is 0 Å². The van der Waals surface area contributed by atoms with E-state index in [1.54, 1.807) is 6.20 Å². The fraction of sp³-hybridized carbons (Fsp3) is 0.261. The Morgan fingerprint density at radius 2 is 1.86 bits per heavy atom. The van der Waals surface area contributed by atoms with E-state index >= 15 is 0 Å². The van der Waals surface area contributed by atoms with Crippen LogP contribution in [-0.2, 0) is 11.3 Å². The van der Waals surface area contributed by atoms with E-state index in [2.05, 4.69) is 27.6 Å². The molecule has 5 nitrogen and oxygen atoms in total. The van der Waals surface area contributed by atoms with Gasteiger partial charge in [0.05, 0.1) is 11.3 Å². The van der Waals surface area contributed by atoms with E-state index < -0.39 is 5.54 Å². The Balaban J connectivity index is 1.46. The molecule has 28 heavy (non-hydrogen) atoms. The van der Waals surface area contributed by atoms with E-state index in [0.29, 0.717) is 12.1 Å². The molecule has 4 rings (SSSR count). The minimum Gasteiger partial charge on any atom is -0.392 e. The number of oxime groups is 1. The second-order valence-corrected chi connectivity index (χ2v) is 7.62. The number of fused-ring (bicyclic) bond motifs is 1. The number of nitrogens with one attached hydrogen (secondary N) is 1. The van der Waals surface area contributed by atoms with Crippen LogP contribution in [0.25, 0.3) is 10.8 Å². The molecule has 0 aliphatic carbocycles. The minimum absolute atomic E-state index is 0.00995. The summed E-state index contributed by atoms with van der Waals surface area (Å²) in [5.74, 6) is -0.212. The van der Waals surface area contributed by atoms with Crippen molar-refractivity contribution in [3.8, 4) is 0 Å². The number of benzene rings is 2. The zero-order chi connectivity index (χ0) is 19.6. The summed E-state index contributed by atoms with van der Waals surface area (Å²) in [5.41, 5.74) is 1.85. The van der Waals surface area contributed by atoms with E-state index in [0.717, 1.165) is 22.9 Å². The summed E-state index contributed by atoms with van der Waals surface area (Å²) in [7, 11) is 0. The average Bonchev–Trinajstić information content (AvgIpc) is 3.17. The average molecular weight is 373 g/mol. The molecule has 1 unspecified atom stereocenters. The number of nitrogens with zero attached hydrogens (tertiary/aromatic N) is 2. The molecule has 2 aromatic carbocycles. The van der Waals surface area contributed by atoms with Gasteiger partial charge in [0.2, 0.25) is 0 Å². The summed E-state index contributed by atoms with van der Waals surface area (Å²) in [6.07, 6.45) is 3.13. The quantitative estimate of drug-likeness (QED) is 0.731. The van der Waals surface area contributed by atoms with Crippen LogP contribution in [0, 0.1) is 0 Å². The molecule has 0 spiro atoms. The molecule has 1 N–H and O–H groups in total. The molecule has 1 amide bonds. The molecule has 142 valence electrons. The van der Waals surface area contributed by atoms with Gasteiger partial charge in [-0.2, -0.15) is 0 Å². The normalized spacial score (nSPS) is 16.5. The van der Waals surface area contributed by atoms with Crippen LogP contribution in [0.15, 0.2) is 72.0 Å². The van der Waals surface area contributed by atoms with E-state index in [4.69, 9.17) is 4.84 Å². The Hall–Kier alpha value is -3.21. The zero-order valence-corrected chi connectivity index (χ0v) is 16.1. The Morgan fingerprint density at radius 1 is 1.11 bits per heavy atom. The number of hydrogen-bond donors (Lipinski definition) is 1. The number of amides is 1. The van der Waals surface area contributed by atoms with Crippen LogP contribution in [0.2, 0.25) is 0 Å². The monoisotopic (exact) mass is 373 g/mol. The predicted octanol–water partition coefficient (Wildman–Crippen LogP) is 4.13. The van der Waals surface area contributed by atoms with E-state index in [1.807, 2.05) is 62.4 Å². The lowest BCUT2D eigenvalue weighted by Crippen LogP contribution is -2.49. The number of carbonyl (C=O) groups is 1. The van der Waals surface area contributed by atoms with Gasteiger partial charge in [0.15, 0.2) is 0 Å². The number of hydrogen-bond acceptors (Lipinski definition) is 4. The van der Waals surface area contributed by atoms with Crippen LogP contribution >= 0.6 is 0 Å². The van der Waals surface area contributed by atoms with Crippen molar-refractivity contribution in [1.82, 2.24) is 10.3 Å². The summed E-state index contributed by atoms with van der Waals surface area (Å²) in [6.45, 7) is 3.90. The van der Waals surface area contributed by atoms with Gasteiger partial charge in [-0.15, -0.1) is 0 Å². The molecular weight excluding hydrogens is 350 g/mol. The summed E-state index contributed by atoms with van der Waals surface area (Å²) in [5, 5.41) is 9.18. The maximum atomic E-state index is 12.9. The molecular formula is C23H23N3O2. The van der Waals surface area contributed by atoms with Gasteiger partial charge in [-0.1, -0.05) is 59.8 Å². The molecule has 0 saturated carbocycles. The van der Waals surface area contributed by atoms with Crippen LogP contribution in [0.5, 0.6) is 0 Å². The van der Waals surface area contributed by atoms with Gasteiger partial charge in [-0.05, 0) is 30.9 Å². The molecule has 1 aliphatic heterocycles. The molecule has 2 heterocycles. The molecule has 3 aromatic rings. The van der Waals surface area contributed by atoms with Crippen molar-refractivity contribution in [3.63, 3.8) is 0 Å². The molecule has 0 bridgehead atoms. The van der Waals surface area contributed by atoms with Crippen molar-refractivity contribution < 1.29 is 9.63 Å². The SMILES string of the molecule is CC(C)(NC(=O)c1nccc2ccccc12)C1=NOC(Cc2ccccc2)C1.